The molecule has 0 aliphatic carbocycles. The third-order valence-corrected chi connectivity index (χ3v) is 9.32. The molecule has 0 fully saturated rings. The van der Waals surface area contributed by atoms with Crippen LogP contribution in [0.15, 0.2) is 170 Å². The summed E-state index contributed by atoms with van der Waals surface area (Å²) < 4.78 is 1.30. The van der Waals surface area contributed by atoms with Crippen LogP contribution in [0.2, 0.25) is 0 Å². The molecule has 0 radical (unpaired) electrons. The van der Waals surface area contributed by atoms with E-state index in [-0.39, 0.29) is 0 Å². The topological polar surface area (TPSA) is 25.8 Å². The summed E-state index contributed by atoms with van der Waals surface area (Å²) in [7, 11) is 0. The monoisotopic (exact) mass is 592 g/mol. The average Bonchev–Trinajstić information content (AvgIpc) is 3.57. The minimum absolute atomic E-state index is 0.711. The summed E-state index contributed by atoms with van der Waals surface area (Å²) in [6.07, 6.45) is 0. The fourth-order valence-corrected chi connectivity index (χ4v) is 6.87. The van der Waals surface area contributed by atoms with Crippen LogP contribution in [0, 0.1) is 0 Å². The predicted octanol–water partition coefficient (Wildman–Crippen LogP) is 11.7. The van der Waals surface area contributed by atoms with Crippen LogP contribution in [-0.2, 0) is 0 Å². The van der Waals surface area contributed by atoms with E-state index in [1.165, 1.54) is 31.7 Å². The van der Waals surface area contributed by atoms with Crippen molar-refractivity contribution in [2.24, 2.45) is 0 Å². The highest BCUT2D eigenvalue weighted by atomic mass is 32.1. The minimum atomic E-state index is 0.711. The van der Waals surface area contributed by atoms with Crippen LogP contribution in [0.25, 0.3) is 76.7 Å². The third-order valence-electron chi connectivity index (χ3n) is 8.16. The molecule has 0 aliphatic heterocycles. The average molecular weight is 593 g/mol. The Hall–Kier alpha value is -5.64. The molecule has 8 aromatic rings. The number of nitrogens with zero attached hydrogens (tertiary/aromatic N) is 2. The second-order valence-corrected chi connectivity index (χ2v) is 12.1. The molecule has 0 amide bonds. The standard InChI is InChI=1S/C42H28N2S/c1-3-11-29(12-4-1)30-19-21-32(22-20-30)38-28-39(33-23-25-34(26-24-33)41-27-35-15-7-10-18-40(35)45-41)44-42(43-38)37-17-9-8-16-36(37)31-13-5-2-6-14-31/h1-28H. The molecule has 6 aromatic carbocycles. The maximum absolute atomic E-state index is 5.18. The quantitative estimate of drug-likeness (QED) is 0.192. The van der Waals surface area contributed by atoms with Crippen molar-refractivity contribution in [3.63, 3.8) is 0 Å². The van der Waals surface area contributed by atoms with Gasteiger partial charge >= 0.3 is 0 Å². The molecule has 3 heteroatoms. The summed E-state index contributed by atoms with van der Waals surface area (Å²) in [5.41, 5.74) is 10.8. The Morgan fingerprint density at radius 1 is 0.356 bits per heavy atom. The highest BCUT2D eigenvalue weighted by Gasteiger charge is 2.15. The van der Waals surface area contributed by atoms with E-state index in [1.54, 1.807) is 0 Å². The van der Waals surface area contributed by atoms with Gasteiger partial charge in [-0.25, -0.2) is 9.97 Å². The third kappa shape index (κ3) is 5.46. The molecule has 2 nitrogen and oxygen atoms in total. The van der Waals surface area contributed by atoms with Crippen LogP contribution in [0.1, 0.15) is 0 Å². The van der Waals surface area contributed by atoms with Gasteiger partial charge in [-0.2, -0.15) is 0 Å². The first kappa shape index (κ1) is 26.9. The Morgan fingerprint density at radius 3 is 1.49 bits per heavy atom. The Kier molecular flexibility index (Phi) is 7.07. The maximum Gasteiger partial charge on any atom is 0.161 e. The smallest absolute Gasteiger partial charge is 0.161 e. The molecule has 8 rings (SSSR count). The molecule has 0 N–H and O–H groups in total. The van der Waals surface area contributed by atoms with Gasteiger partial charge in [0.15, 0.2) is 5.82 Å². The number of hydrogen-bond acceptors (Lipinski definition) is 3. The van der Waals surface area contributed by atoms with Crippen LogP contribution in [0.5, 0.6) is 0 Å². The lowest BCUT2D eigenvalue weighted by atomic mass is 9.98. The second-order valence-electron chi connectivity index (χ2n) is 11.0. The predicted molar refractivity (Wildman–Crippen MR) is 190 cm³/mol. The van der Waals surface area contributed by atoms with Crippen LogP contribution < -0.4 is 0 Å². The molecule has 0 saturated carbocycles. The normalized spacial score (nSPS) is 11.1. The zero-order valence-corrected chi connectivity index (χ0v) is 25.3. The number of hydrogen-bond donors (Lipinski definition) is 0. The molecule has 0 aliphatic rings. The number of fused-ring (bicyclic) bond motifs is 1. The summed E-state index contributed by atoms with van der Waals surface area (Å²) in [6.45, 7) is 0. The molecule has 0 spiro atoms. The fourth-order valence-electron chi connectivity index (χ4n) is 5.80. The van der Waals surface area contributed by atoms with Crippen molar-refractivity contribution in [3.05, 3.63) is 170 Å². The summed E-state index contributed by atoms with van der Waals surface area (Å²) in [6, 6.07) is 59.7. The van der Waals surface area contributed by atoms with Crippen molar-refractivity contribution in [1.82, 2.24) is 9.97 Å². The Bertz CT molecular complexity index is 2200. The van der Waals surface area contributed by atoms with Gasteiger partial charge in [0.2, 0.25) is 0 Å². The van der Waals surface area contributed by atoms with Crippen molar-refractivity contribution in [2.75, 3.05) is 0 Å². The van der Waals surface area contributed by atoms with Gasteiger partial charge in [-0.3, -0.25) is 0 Å². The lowest BCUT2D eigenvalue weighted by molar-refractivity contribution is 1.18. The first-order chi connectivity index (χ1) is 22.3. The zero-order valence-electron chi connectivity index (χ0n) is 24.5. The maximum atomic E-state index is 5.18. The molecule has 0 atom stereocenters. The van der Waals surface area contributed by atoms with Crippen LogP contribution in [0.4, 0.5) is 0 Å². The van der Waals surface area contributed by atoms with Gasteiger partial charge in [-0.05, 0) is 51.4 Å². The van der Waals surface area contributed by atoms with E-state index < -0.39 is 0 Å². The number of benzene rings is 6. The molecule has 2 heterocycles. The van der Waals surface area contributed by atoms with E-state index in [0.29, 0.717) is 5.82 Å². The summed E-state index contributed by atoms with van der Waals surface area (Å²) >= 11 is 1.82. The molecule has 212 valence electrons. The van der Waals surface area contributed by atoms with Gasteiger partial charge in [0.1, 0.15) is 0 Å². The van der Waals surface area contributed by atoms with Gasteiger partial charge in [-0.15, -0.1) is 11.3 Å². The van der Waals surface area contributed by atoms with Crippen LogP contribution >= 0.6 is 11.3 Å². The summed E-state index contributed by atoms with van der Waals surface area (Å²) in [5.74, 6) is 0.711. The second kappa shape index (κ2) is 11.8. The van der Waals surface area contributed by atoms with Crippen molar-refractivity contribution < 1.29 is 0 Å². The Labute approximate surface area is 267 Å². The largest absolute Gasteiger partial charge is 0.228 e. The highest BCUT2D eigenvalue weighted by molar-refractivity contribution is 7.22. The first-order valence-corrected chi connectivity index (χ1v) is 15.9. The van der Waals surface area contributed by atoms with Crippen molar-refractivity contribution in [3.8, 4) is 66.6 Å². The van der Waals surface area contributed by atoms with Crippen LogP contribution in [-0.4, -0.2) is 9.97 Å². The SMILES string of the molecule is c1ccc(-c2ccc(-c3cc(-c4ccc(-c5cc6ccccc6s5)cc4)nc(-c4ccccc4-c4ccccc4)n3)cc2)cc1. The minimum Gasteiger partial charge on any atom is -0.228 e. The van der Waals surface area contributed by atoms with Crippen molar-refractivity contribution >= 4 is 21.4 Å². The molecular formula is C42H28N2S. The number of rotatable bonds is 6. The van der Waals surface area contributed by atoms with Crippen LogP contribution in [0.3, 0.4) is 0 Å². The molecule has 45 heavy (non-hydrogen) atoms. The Balaban J connectivity index is 1.23. The van der Waals surface area contributed by atoms with E-state index in [1.807, 2.05) is 23.5 Å². The molecule has 0 bridgehead atoms. The Morgan fingerprint density at radius 2 is 0.844 bits per heavy atom. The zero-order chi connectivity index (χ0) is 30.0. The van der Waals surface area contributed by atoms with E-state index in [9.17, 15) is 0 Å². The van der Waals surface area contributed by atoms with Crippen molar-refractivity contribution in [2.45, 2.75) is 0 Å². The summed E-state index contributed by atoms with van der Waals surface area (Å²) in [4.78, 5) is 11.6. The molecule has 2 aromatic heterocycles. The van der Waals surface area contributed by atoms with E-state index in [0.717, 1.165) is 39.2 Å². The highest BCUT2D eigenvalue weighted by Crippen LogP contribution is 2.36. The lowest BCUT2D eigenvalue weighted by Crippen LogP contribution is -1.97. The van der Waals surface area contributed by atoms with E-state index in [2.05, 4.69) is 158 Å². The number of aromatic nitrogens is 2. The van der Waals surface area contributed by atoms with Gasteiger partial charge in [0.05, 0.1) is 11.4 Å². The molecular weight excluding hydrogens is 565 g/mol. The van der Waals surface area contributed by atoms with E-state index in [4.69, 9.17) is 9.97 Å². The number of thiophene rings is 1. The molecule has 0 unspecified atom stereocenters. The van der Waals surface area contributed by atoms with Crippen molar-refractivity contribution in [1.29, 1.82) is 0 Å². The summed E-state index contributed by atoms with van der Waals surface area (Å²) in [5, 5.41) is 1.28. The van der Waals surface area contributed by atoms with Gasteiger partial charge < -0.3 is 0 Å². The fraction of sp³-hybridized carbons (Fsp3) is 0. The molecule has 0 saturated heterocycles. The van der Waals surface area contributed by atoms with Gasteiger partial charge in [0.25, 0.3) is 0 Å². The van der Waals surface area contributed by atoms with E-state index >= 15 is 0 Å². The lowest BCUT2D eigenvalue weighted by Gasteiger charge is -2.13. The van der Waals surface area contributed by atoms with Gasteiger partial charge in [0, 0.05) is 26.3 Å². The van der Waals surface area contributed by atoms with Gasteiger partial charge in [-0.1, -0.05) is 152 Å². The first-order valence-electron chi connectivity index (χ1n) is 15.1.